The lowest BCUT2D eigenvalue weighted by atomic mass is 10.2. The molecule has 0 heterocycles. The minimum atomic E-state index is -3.59. The van der Waals surface area contributed by atoms with E-state index in [1.54, 1.807) is 0 Å². The second-order valence-corrected chi connectivity index (χ2v) is 12.9. The van der Waals surface area contributed by atoms with Gasteiger partial charge in [0.15, 0.2) is 0 Å². The molecule has 3 amide bonds. The first kappa shape index (κ1) is 36.3. The molecule has 228 valence electrons. The van der Waals surface area contributed by atoms with E-state index >= 15 is 0 Å². The highest BCUT2D eigenvalue weighted by Gasteiger charge is 2.16. The van der Waals surface area contributed by atoms with Crippen LogP contribution in [0.2, 0.25) is 0 Å². The summed E-state index contributed by atoms with van der Waals surface area (Å²) in [4.78, 5) is 33.6. The summed E-state index contributed by atoms with van der Waals surface area (Å²) in [6, 6.07) is 14.0. The summed E-state index contributed by atoms with van der Waals surface area (Å²) in [5.41, 5.74) is 30.0. The van der Waals surface area contributed by atoms with Crippen LogP contribution in [0.15, 0.2) is 72.8 Å². The predicted molar refractivity (Wildman–Crippen MR) is 150 cm³/mol. The summed E-state index contributed by atoms with van der Waals surface area (Å²) >= 11 is 0. The number of carbonyl (C=O) groups excluding carboxylic acids is 3. The minimum Gasteiger partial charge on any atom is -0.279 e. The zero-order chi connectivity index (χ0) is 32.3. The van der Waals surface area contributed by atoms with E-state index in [0.29, 0.717) is 0 Å². The van der Waals surface area contributed by atoms with E-state index in [0.717, 1.165) is 36.4 Å². The molecule has 3 aromatic rings. The number of nitrogens with one attached hydrogen (secondary N) is 3. The number of halogens is 3. The van der Waals surface area contributed by atoms with Gasteiger partial charge in [0, 0.05) is 16.7 Å². The number of amides is 3. The molecule has 0 radical (unpaired) electrons. The van der Waals surface area contributed by atoms with Gasteiger partial charge in [0.25, 0.3) is 17.7 Å². The van der Waals surface area contributed by atoms with Crippen LogP contribution >= 0.6 is 22.8 Å². The lowest BCUT2D eigenvalue weighted by Crippen LogP contribution is -2.28. The summed E-state index contributed by atoms with van der Waals surface area (Å²) in [6.07, 6.45) is 0. The highest BCUT2D eigenvalue weighted by Crippen LogP contribution is 2.20. The van der Waals surface area contributed by atoms with Crippen LogP contribution in [-0.4, -0.2) is 17.7 Å². The third-order valence-corrected chi connectivity index (χ3v) is 5.81. The van der Waals surface area contributed by atoms with Crippen LogP contribution < -0.4 is 48.3 Å². The topological polar surface area (TPSA) is 295 Å². The lowest BCUT2D eigenvalue weighted by Gasteiger charge is -2.08. The Hall–Kier alpha value is -3.69. The molecule has 0 aliphatic heterocycles. The number of benzene rings is 3. The number of hydrogen-bond acceptors (Lipinski definition) is 6. The van der Waals surface area contributed by atoms with Crippen molar-refractivity contribution >= 4 is 40.5 Å². The molecule has 0 fully saturated rings. The van der Waals surface area contributed by atoms with Crippen LogP contribution in [-0.2, 0) is 13.7 Å². The molecule has 3 aromatic carbocycles. The van der Waals surface area contributed by atoms with Gasteiger partial charge in [0.05, 0.1) is 0 Å². The maximum Gasteiger partial charge on any atom is 0.300 e. The van der Waals surface area contributed by atoms with Crippen LogP contribution in [0.4, 0.5) is 13.2 Å². The highest BCUT2D eigenvalue weighted by atomic mass is 31.2. The fourth-order valence-electron chi connectivity index (χ4n) is 2.47. The van der Waals surface area contributed by atoms with Gasteiger partial charge in [-0.2, -0.15) is 0 Å². The minimum absolute atomic E-state index is 0.141. The van der Waals surface area contributed by atoms with Crippen molar-refractivity contribution in [2.45, 2.75) is 0 Å². The average Bonchev–Trinajstić information content (AvgIpc) is 2.83. The van der Waals surface area contributed by atoms with Gasteiger partial charge in [0.1, 0.15) is 17.5 Å². The molecule has 0 bridgehead atoms. The first-order chi connectivity index (χ1) is 19.1. The van der Waals surface area contributed by atoms with E-state index in [4.69, 9.17) is 33.0 Å². The first-order valence-corrected chi connectivity index (χ1v) is 16.4. The molecule has 3 rings (SSSR count). The second-order valence-electron chi connectivity index (χ2n) is 7.97. The molecule has 0 unspecified atom stereocenters. The van der Waals surface area contributed by atoms with Gasteiger partial charge in [-0.05, 0) is 72.8 Å². The first-order valence-electron chi connectivity index (χ1n) is 10.9. The lowest BCUT2D eigenvalue weighted by molar-refractivity contribution is 0.0971. The van der Waals surface area contributed by atoms with Crippen LogP contribution in [0.3, 0.4) is 0 Å². The normalized spacial score (nSPS) is 11.1. The highest BCUT2D eigenvalue weighted by molar-refractivity contribution is 7.58. The molecule has 0 aromatic heterocycles. The molecule has 0 aliphatic rings. The number of hydrogen-bond donors (Lipinski definition) is 9. The Labute approximate surface area is 237 Å². The molecule has 21 heteroatoms. The molecule has 0 saturated carbocycles. The molecule has 15 nitrogen and oxygen atoms in total. The van der Waals surface area contributed by atoms with Gasteiger partial charge in [-0.25, -0.2) is 13.2 Å². The van der Waals surface area contributed by atoms with Gasteiger partial charge in [-0.15, -0.1) is 0 Å². The van der Waals surface area contributed by atoms with Crippen molar-refractivity contribution in [1.29, 1.82) is 0 Å². The third kappa shape index (κ3) is 15.9. The van der Waals surface area contributed by atoms with Crippen molar-refractivity contribution in [3.8, 4) is 0 Å². The predicted octanol–water partition coefficient (Wildman–Crippen LogP) is 1.74. The van der Waals surface area contributed by atoms with E-state index < -0.39 is 58.0 Å². The van der Waals surface area contributed by atoms with E-state index in [1.165, 1.54) is 36.4 Å². The largest absolute Gasteiger partial charge is 0.300 e. The van der Waals surface area contributed by atoms with Gasteiger partial charge < -0.3 is 0 Å². The molecule has 0 spiro atoms. The van der Waals surface area contributed by atoms with Gasteiger partial charge >= 0.3 is 22.8 Å². The van der Waals surface area contributed by atoms with Gasteiger partial charge in [-0.3, -0.25) is 76.4 Å². The van der Waals surface area contributed by atoms with Crippen molar-refractivity contribution in [2.24, 2.45) is 33.0 Å². The Kier molecular flexibility index (Phi) is 13.4. The monoisotopic (exact) mass is 651 g/mol. The Bertz CT molecular complexity index is 1340. The molecular weight excluding hydrogens is 624 g/mol. The van der Waals surface area contributed by atoms with Crippen LogP contribution in [0, 0.1) is 17.5 Å². The summed E-state index contributed by atoms with van der Waals surface area (Å²) in [6.45, 7) is 0. The van der Waals surface area contributed by atoms with Crippen LogP contribution in [0.5, 0.6) is 0 Å². The van der Waals surface area contributed by atoms with E-state index in [9.17, 15) is 41.3 Å². The quantitative estimate of drug-likeness (QED) is 0.172. The molecular formula is C21H27F3N9O6P3. The Morgan fingerprint density at radius 3 is 0.738 bits per heavy atom. The third-order valence-electron chi connectivity index (χ3n) is 4.15. The van der Waals surface area contributed by atoms with E-state index in [-0.39, 0.29) is 16.7 Å². The van der Waals surface area contributed by atoms with E-state index in [1.807, 2.05) is 15.3 Å². The average molecular weight is 651 g/mol. The molecule has 0 aliphatic carbocycles. The number of nitrogens with two attached hydrogens (primary N) is 6. The molecule has 15 N–H and O–H groups in total. The fraction of sp³-hybridized carbons (Fsp3) is 0. The Morgan fingerprint density at radius 1 is 0.429 bits per heavy atom. The standard InChI is InChI=1S/3C7H9FN3O2P/c3*8-6-3-1-5(2-4-6)7(12)11-14(9,10)13/h3*1-4H,(H5,9,10,11,12,13). The van der Waals surface area contributed by atoms with Crippen molar-refractivity contribution in [3.05, 3.63) is 107 Å². The van der Waals surface area contributed by atoms with Gasteiger partial charge in [0.2, 0.25) is 0 Å². The maximum atomic E-state index is 12.5. The van der Waals surface area contributed by atoms with Crippen molar-refractivity contribution in [1.82, 2.24) is 15.3 Å². The summed E-state index contributed by atoms with van der Waals surface area (Å²) in [5, 5.41) is 5.71. The Balaban J connectivity index is 0.000000315. The van der Waals surface area contributed by atoms with Gasteiger partial charge in [-0.1, -0.05) is 0 Å². The fourth-order valence-corrected chi connectivity index (χ4v) is 3.81. The second kappa shape index (κ2) is 15.5. The smallest absolute Gasteiger partial charge is 0.279 e. The molecule has 0 atom stereocenters. The zero-order valence-corrected chi connectivity index (χ0v) is 24.0. The summed E-state index contributed by atoms with van der Waals surface area (Å²) < 4.78 is 69.8. The maximum absolute atomic E-state index is 12.5. The SMILES string of the molecule is NP(N)(=O)NC(=O)c1ccc(F)cc1.NP(N)(=O)NC(=O)c1ccc(F)cc1.NP(N)(=O)NC(=O)c1ccc(F)cc1. The van der Waals surface area contributed by atoms with E-state index in [2.05, 4.69) is 0 Å². The van der Waals surface area contributed by atoms with Crippen molar-refractivity contribution in [2.75, 3.05) is 0 Å². The number of carbonyl (C=O) groups is 3. The zero-order valence-electron chi connectivity index (χ0n) is 21.3. The van der Waals surface area contributed by atoms with Crippen LogP contribution in [0.1, 0.15) is 31.1 Å². The number of rotatable bonds is 6. The summed E-state index contributed by atoms with van der Waals surface area (Å²) in [7, 11) is -10.8. The van der Waals surface area contributed by atoms with Crippen LogP contribution in [0.25, 0.3) is 0 Å². The summed E-state index contributed by atoms with van der Waals surface area (Å²) in [5.74, 6) is -3.49. The van der Waals surface area contributed by atoms with Crippen molar-refractivity contribution in [3.63, 3.8) is 0 Å². The van der Waals surface area contributed by atoms with Crippen molar-refractivity contribution < 1.29 is 41.3 Å². The molecule has 42 heavy (non-hydrogen) atoms. The Morgan fingerprint density at radius 2 is 0.595 bits per heavy atom. The molecule has 0 saturated heterocycles.